The zero-order valence-corrected chi connectivity index (χ0v) is 16.0. The minimum absolute atomic E-state index is 0.00895. The van der Waals surface area contributed by atoms with E-state index in [4.69, 9.17) is 4.74 Å². The summed E-state index contributed by atoms with van der Waals surface area (Å²) in [5, 5.41) is 12.9. The topological polar surface area (TPSA) is 113 Å². The monoisotopic (exact) mass is 408 g/mol. The van der Waals surface area contributed by atoms with Gasteiger partial charge in [0.15, 0.2) is 0 Å². The van der Waals surface area contributed by atoms with Crippen LogP contribution in [0.4, 0.5) is 16.0 Å². The molecule has 1 heterocycles. The van der Waals surface area contributed by atoms with Gasteiger partial charge in [-0.05, 0) is 50.6 Å². The van der Waals surface area contributed by atoms with Crippen LogP contribution in [-0.2, 0) is 10.0 Å². The molecule has 1 saturated carbocycles. The summed E-state index contributed by atoms with van der Waals surface area (Å²) in [5.74, 6) is -0.613. The predicted octanol–water partition coefficient (Wildman–Crippen LogP) is 2.36. The second kappa shape index (κ2) is 8.21. The second-order valence-corrected chi connectivity index (χ2v) is 8.22. The lowest BCUT2D eigenvalue weighted by Gasteiger charge is -2.18. The molecule has 0 spiro atoms. The second-order valence-electron chi connectivity index (χ2n) is 6.33. The van der Waals surface area contributed by atoms with Crippen LogP contribution in [0.25, 0.3) is 5.83 Å². The third-order valence-electron chi connectivity index (χ3n) is 4.42. The first-order valence-electron chi connectivity index (χ1n) is 8.67. The van der Waals surface area contributed by atoms with E-state index in [-0.39, 0.29) is 22.3 Å². The Labute approximate surface area is 162 Å². The Kier molecular flexibility index (Phi) is 5.92. The zero-order valence-electron chi connectivity index (χ0n) is 15.2. The van der Waals surface area contributed by atoms with Crippen molar-refractivity contribution in [1.29, 1.82) is 0 Å². The molecule has 3 rings (SSSR count). The van der Waals surface area contributed by atoms with E-state index in [2.05, 4.69) is 26.6 Å². The number of sulfonamides is 1. The lowest BCUT2D eigenvalue weighted by molar-refractivity contribution is 0.0571. The Balaban J connectivity index is 1.82. The van der Waals surface area contributed by atoms with Gasteiger partial charge in [0.2, 0.25) is 21.9 Å². The number of hydrogen-bond acceptors (Lipinski definition) is 7. The van der Waals surface area contributed by atoms with Crippen LogP contribution in [0, 0.1) is 0 Å². The third kappa shape index (κ3) is 4.46. The number of aromatic nitrogens is 2. The highest BCUT2D eigenvalue weighted by Crippen LogP contribution is 2.30. The molecule has 1 aliphatic carbocycles. The van der Waals surface area contributed by atoms with Crippen LogP contribution in [-0.4, -0.2) is 42.7 Å². The van der Waals surface area contributed by atoms with Crippen molar-refractivity contribution in [3.05, 3.63) is 42.6 Å². The highest BCUT2D eigenvalue weighted by molar-refractivity contribution is 7.89. The van der Waals surface area contributed by atoms with Crippen molar-refractivity contribution >= 4 is 27.5 Å². The molecule has 1 aromatic carbocycles. The molecule has 150 valence electrons. The normalized spacial score (nSPS) is 19.4. The van der Waals surface area contributed by atoms with Crippen molar-refractivity contribution in [2.24, 2.45) is 0 Å². The number of anilines is 2. The molecule has 0 saturated heterocycles. The van der Waals surface area contributed by atoms with E-state index in [1.165, 1.54) is 25.4 Å². The van der Waals surface area contributed by atoms with E-state index in [0.717, 1.165) is 6.42 Å². The first-order valence-corrected chi connectivity index (χ1v) is 10.2. The number of benzene rings is 1. The van der Waals surface area contributed by atoms with Crippen LogP contribution in [0.5, 0.6) is 5.88 Å². The van der Waals surface area contributed by atoms with Gasteiger partial charge < -0.3 is 15.2 Å². The summed E-state index contributed by atoms with van der Waals surface area (Å²) in [4.78, 5) is 8.34. The maximum atomic E-state index is 13.7. The minimum atomic E-state index is -3.53. The van der Waals surface area contributed by atoms with Crippen LogP contribution in [0.2, 0.25) is 0 Å². The molecule has 2 atom stereocenters. The van der Waals surface area contributed by atoms with Gasteiger partial charge in [0.25, 0.3) is 0 Å². The molecule has 0 bridgehead atoms. The first kappa shape index (κ1) is 20.2. The summed E-state index contributed by atoms with van der Waals surface area (Å²) in [6, 6.07) is 5.96. The number of halogens is 1. The Morgan fingerprint density at radius 1 is 1.32 bits per heavy atom. The molecular weight excluding hydrogens is 387 g/mol. The zero-order chi connectivity index (χ0) is 20.3. The largest absolute Gasteiger partial charge is 0.471 e. The fourth-order valence-electron chi connectivity index (χ4n) is 2.85. The maximum Gasteiger partial charge on any atom is 0.240 e. The van der Waals surface area contributed by atoms with Gasteiger partial charge in [-0.2, -0.15) is 4.98 Å². The number of rotatable bonds is 7. The average Bonchev–Trinajstić information content (AvgIpc) is 3.07. The fourth-order valence-corrected chi connectivity index (χ4v) is 3.58. The van der Waals surface area contributed by atoms with Gasteiger partial charge >= 0.3 is 0 Å². The lowest BCUT2D eigenvalue weighted by atomic mass is 10.2. The van der Waals surface area contributed by atoms with Crippen LogP contribution in [0.3, 0.4) is 0 Å². The smallest absolute Gasteiger partial charge is 0.240 e. The van der Waals surface area contributed by atoms with Gasteiger partial charge in [0.1, 0.15) is 11.9 Å². The van der Waals surface area contributed by atoms with E-state index in [1.807, 2.05) is 0 Å². The van der Waals surface area contributed by atoms with Gasteiger partial charge in [-0.3, -0.25) is 0 Å². The van der Waals surface area contributed by atoms with Crippen molar-refractivity contribution in [3.8, 4) is 5.88 Å². The van der Waals surface area contributed by atoms with Crippen molar-refractivity contribution < 1.29 is 22.7 Å². The number of nitrogens with zero attached hydrogens (tertiary/aromatic N) is 2. The summed E-state index contributed by atoms with van der Waals surface area (Å²) < 4.78 is 45.2. The number of hydrogen-bond donors (Lipinski definition) is 3. The fraction of sp³-hybridized carbons (Fsp3) is 0.333. The van der Waals surface area contributed by atoms with Crippen molar-refractivity contribution in [2.75, 3.05) is 12.4 Å². The maximum absolute atomic E-state index is 13.7. The highest BCUT2D eigenvalue weighted by Gasteiger charge is 2.28. The standard InChI is InChI=1S/C18H21FN4O4S/c1-11(19)14-10-21-18(23-17(14)27-16-5-3-4-15(16)24)22-12-6-8-13(9-7-12)28(25,26)20-2/h6-10,15-16,20,24H,1,3-5H2,2H3,(H,21,22,23)/t15-,16-/m1/s1. The van der Waals surface area contributed by atoms with Gasteiger partial charge in [0, 0.05) is 11.9 Å². The van der Waals surface area contributed by atoms with Crippen molar-refractivity contribution in [1.82, 2.24) is 14.7 Å². The quantitative estimate of drug-likeness (QED) is 0.644. The summed E-state index contributed by atoms with van der Waals surface area (Å²) >= 11 is 0. The third-order valence-corrected chi connectivity index (χ3v) is 5.85. The molecular formula is C18H21FN4O4S. The molecule has 1 aromatic heterocycles. The van der Waals surface area contributed by atoms with E-state index >= 15 is 0 Å². The van der Waals surface area contributed by atoms with Crippen LogP contribution in [0.1, 0.15) is 24.8 Å². The summed E-state index contributed by atoms with van der Waals surface area (Å²) in [6.07, 6.45) is 2.23. The molecule has 0 radical (unpaired) electrons. The molecule has 0 amide bonds. The van der Waals surface area contributed by atoms with E-state index < -0.39 is 28.1 Å². The molecule has 2 aromatic rings. The summed E-state index contributed by atoms with van der Waals surface area (Å²) in [6.45, 7) is 3.26. The molecule has 28 heavy (non-hydrogen) atoms. The Bertz CT molecular complexity index is 966. The summed E-state index contributed by atoms with van der Waals surface area (Å²) in [5.41, 5.74) is 0.550. The predicted molar refractivity (Wildman–Crippen MR) is 102 cm³/mol. The average molecular weight is 408 g/mol. The molecule has 1 aliphatic rings. The molecule has 3 N–H and O–H groups in total. The number of aliphatic hydroxyl groups excluding tert-OH is 1. The highest BCUT2D eigenvalue weighted by atomic mass is 32.2. The first-order chi connectivity index (χ1) is 13.3. The SMILES string of the molecule is C=C(F)c1cnc(Nc2ccc(S(=O)(=O)NC)cc2)nc1O[C@@H]1CCC[C@H]1O. The molecule has 10 heteroatoms. The number of nitrogens with one attached hydrogen (secondary N) is 2. The van der Waals surface area contributed by atoms with Gasteiger partial charge in [0.05, 0.1) is 16.6 Å². The van der Waals surface area contributed by atoms with Crippen molar-refractivity contribution in [2.45, 2.75) is 36.4 Å². The number of ether oxygens (including phenoxy) is 1. The molecule has 0 unspecified atom stereocenters. The minimum Gasteiger partial charge on any atom is -0.471 e. The van der Waals surface area contributed by atoms with Crippen molar-refractivity contribution in [3.63, 3.8) is 0 Å². The molecule has 0 aliphatic heterocycles. The van der Waals surface area contributed by atoms with Gasteiger partial charge in [-0.25, -0.2) is 22.5 Å². The van der Waals surface area contributed by atoms with E-state index in [1.54, 1.807) is 12.1 Å². The summed E-state index contributed by atoms with van der Waals surface area (Å²) in [7, 11) is -2.20. The van der Waals surface area contributed by atoms with E-state index in [0.29, 0.717) is 18.5 Å². The molecule has 1 fully saturated rings. The van der Waals surface area contributed by atoms with Crippen LogP contribution in [0.15, 0.2) is 41.9 Å². The Morgan fingerprint density at radius 2 is 2.04 bits per heavy atom. The number of aliphatic hydroxyl groups is 1. The van der Waals surface area contributed by atoms with Gasteiger partial charge in [-0.15, -0.1) is 0 Å². The van der Waals surface area contributed by atoms with Gasteiger partial charge in [-0.1, -0.05) is 6.58 Å². The molecule has 8 nitrogen and oxygen atoms in total. The van der Waals surface area contributed by atoms with E-state index in [9.17, 15) is 17.9 Å². The Morgan fingerprint density at radius 3 is 2.61 bits per heavy atom. The van der Waals surface area contributed by atoms with Crippen LogP contribution >= 0.6 is 0 Å². The lowest BCUT2D eigenvalue weighted by Crippen LogP contribution is -2.26. The Hall–Kier alpha value is -2.56. The van der Waals surface area contributed by atoms with Crippen LogP contribution < -0.4 is 14.8 Å².